The number of likely N-dealkylation sites (N-methyl/N-ethyl adjacent to an activating group) is 7. The van der Waals surface area contributed by atoms with Crippen molar-refractivity contribution in [3.8, 4) is 0 Å². The summed E-state index contributed by atoms with van der Waals surface area (Å²) < 4.78 is 56.3. The zero-order chi connectivity index (χ0) is 69.5. The van der Waals surface area contributed by atoms with Crippen molar-refractivity contribution in [2.24, 2.45) is 41.4 Å². The molecule has 11 amide bonds. The fourth-order valence-corrected chi connectivity index (χ4v) is 12.3. The number of nitrogens with one attached hydrogen (secondary N) is 4. The number of hydrogen-bond acceptors (Lipinski definition) is 11. The Hall–Kier alpha value is -5.82. The van der Waals surface area contributed by atoms with Crippen molar-refractivity contribution in [1.29, 1.82) is 0 Å². The van der Waals surface area contributed by atoms with Crippen LogP contribution in [0.3, 0.4) is 0 Å². The quantitative estimate of drug-likeness (QED) is 0.140. The molecule has 4 N–H and O–H groups in total. The molecule has 22 nitrogen and oxygen atoms in total. The summed E-state index contributed by atoms with van der Waals surface area (Å²) in [6.07, 6.45) is -5.34. The summed E-state index contributed by atoms with van der Waals surface area (Å²) in [5.74, 6) is -11.4. The van der Waals surface area contributed by atoms with Crippen LogP contribution in [0.2, 0.25) is 0 Å². The lowest BCUT2D eigenvalue weighted by Gasteiger charge is -2.39. The minimum absolute atomic E-state index is 0.00979. The predicted octanol–water partition coefficient (Wildman–Crippen LogP) is 5.52. The Balaban J connectivity index is 2.19. The highest BCUT2D eigenvalue weighted by Crippen LogP contribution is 2.43. The summed E-state index contributed by atoms with van der Waals surface area (Å²) in [5.41, 5.74) is -1.71. The zero-order valence-corrected chi connectivity index (χ0v) is 58.0. The van der Waals surface area contributed by atoms with Gasteiger partial charge >= 0.3 is 6.18 Å². The lowest BCUT2D eigenvalue weighted by molar-refractivity contribution is -0.201. The molecule has 0 aromatic carbocycles. The molecule has 0 spiro atoms. The van der Waals surface area contributed by atoms with E-state index < -0.39 is 175 Å². The van der Waals surface area contributed by atoms with E-state index in [0.29, 0.717) is 25.7 Å². The van der Waals surface area contributed by atoms with Crippen molar-refractivity contribution in [2.45, 2.75) is 232 Å². The minimum Gasteiger partial charge on any atom is -0.343 e. The third kappa shape index (κ3) is 23.3. The van der Waals surface area contributed by atoms with E-state index in [-0.39, 0.29) is 80.4 Å². The Labute approximate surface area is 542 Å². The van der Waals surface area contributed by atoms with Crippen molar-refractivity contribution in [3.05, 3.63) is 0 Å². The predicted molar refractivity (Wildman–Crippen MR) is 338 cm³/mol. The summed E-state index contributed by atoms with van der Waals surface area (Å²) in [5, 5.41) is 11.0. The van der Waals surface area contributed by atoms with E-state index in [4.69, 9.17) is 11.6 Å². The van der Waals surface area contributed by atoms with Crippen LogP contribution in [-0.4, -0.2) is 234 Å². The molecule has 1 heterocycles. The van der Waals surface area contributed by atoms with Gasteiger partial charge in [-0.05, 0) is 140 Å². The van der Waals surface area contributed by atoms with Gasteiger partial charge in [0.15, 0.2) is 0 Å². The Morgan fingerprint density at radius 2 is 1.05 bits per heavy atom. The fourth-order valence-electron chi connectivity index (χ4n) is 12.1. The van der Waals surface area contributed by atoms with Crippen LogP contribution in [0.15, 0.2) is 0 Å². The Morgan fingerprint density at radius 3 is 1.58 bits per heavy atom. The van der Waals surface area contributed by atoms with E-state index in [0.717, 1.165) is 19.6 Å². The van der Waals surface area contributed by atoms with Gasteiger partial charge in [0, 0.05) is 67.2 Å². The molecule has 10 atom stereocenters. The maximum Gasteiger partial charge on any atom is 0.394 e. The van der Waals surface area contributed by atoms with Gasteiger partial charge in [0.1, 0.15) is 48.0 Å². The van der Waals surface area contributed by atoms with Gasteiger partial charge in [-0.2, -0.15) is 13.2 Å². The summed E-state index contributed by atoms with van der Waals surface area (Å²) in [6.45, 7) is 17.2. The number of nitrogens with zero attached hydrogens (tertiary/aromatic N) is 7. The molecular formula is C64H108ClF4N11O11. The van der Waals surface area contributed by atoms with E-state index >= 15 is 4.39 Å². The second-order valence-electron chi connectivity index (χ2n) is 28.2. The van der Waals surface area contributed by atoms with Crippen molar-refractivity contribution in [2.75, 3.05) is 69.0 Å². The van der Waals surface area contributed by atoms with Crippen molar-refractivity contribution in [3.63, 3.8) is 0 Å². The van der Waals surface area contributed by atoms with Crippen LogP contribution in [0, 0.1) is 41.4 Å². The lowest BCUT2D eigenvalue weighted by atomic mass is 9.78. The average molecular weight is 1320 g/mol. The third-order valence-electron chi connectivity index (χ3n) is 18.5. The molecule has 0 bridgehead atoms. The third-order valence-corrected chi connectivity index (χ3v) is 19.0. The van der Waals surface area contributed by atoms with Crippen LogP contribution in [0.4, 0.5) is 17.6 Å². The molecule has 0 radical (unpaired) electrons. The molecule has 1 aliphatic heterocycles. The largest absolute Gasteiger partial charge is 0.394 e. The van der Waals surface area contributed by atoms with Gasteiger partial charge in [-0.3, -0.25) is 52.7 Å². The number of halogens is 5. The van der Waals surface area contributed by atoms with Gasteiger partial charge in [0.2, 0.25) is 65.0 Å². The van der Waals surface area contributed by atoms with Crippen LogP contribution in [0.5, 0.6) is 0 Å². The number of carbonyl (C=O) groups excluding carboxylic acids is 11. The molecule has 520 valence electrons. The normalized spacial score (nSPS) is 29.5. The van der Waals surface area contributed by atoms with E-state index in [1.165, 1.54) is 77.9 Å². The summed E-state index contributed by atoms with van der Waals surface area (Å²) in [7, 11) is 9.75. The molecule has 3 unspecified atom stereocenters. The Kier molecular flexibility index (Phi) is 30.5. The number of alkyl halides is 5. The van der Waals surface area contributed by atoms with Gasteiger partial charge in [-0.1, -0.05) is 55.4 Å². The molecule has 3 aliphatic rings. The number of hydrogen-bond donors (Lipinski definition) is 4. The Bertz CT molecular complexity index is 2530. The average Bonchev–Trinajstić information content (AvgIpc) is 1.20. The van der Waals surface area contributed by atoms with Crippen LogP contribution in [-0.2, 0) is 52.7 Å². The summed E-state index contributed by atoms with van der Waals surface area (Å²) in [4.78, 5) is 167. The maximum absolute atomic E-state index is 15.2. The van der Waals surface area contributed by atoms with E-state index in [1.807, 2.05) is 27.7 Å². The SMILES string of the molecule is CC(C)C[C@@H]1NC(=O)C(C)(C)N(C)C(=O)[C@H](CC(C)C)NC(=O)[C@H](CCC2CCC(C(F)(F)F)C(F)C2)NC(=O)CN(C)C(=O)[C@H](CC2CCC(Cl)CC2)N(C)C(=O)CN(C)C(=O)CN(C)C(=O)[C@H](C(C)C)NC(=O)[C@H](CC(C)C)N(C)C(=O)C[C@@H](C)N(C)C1=O. The van der Waals surface area contributed by atoms with Crippen molar-refractivity contribution >= 4 is 76.6 Å². The summed E-state index contributed by atoms with van der Waals surface area (Å²) in [6, 6.07) is -8.20. The standard InChI is InChI=1S/C64H108ClF4N11O11/c1-36(2)27-47-58(87)77(15)40(9)30-52(82)78(16)49(29-38(5)6)57(86)73-55(39(7)8)61(90)76(14)34-53(83)74(12)35-54(84)79(17)50(32-42-19-23-43(65)24-20-42)60(89)75(13)33-51(81)70-46(26-22-41-21-25-44(45(66)31-41)64(67,68)69)56(85)71-48(28-37(3)4)59(88)80(18)63(10,11)62(91)72-47/h36-50,55H,19-35H2,1-18H3,(H,70,81)(H,71,85)(H,72,91)(H,73,86)/t40-,41?,42?,43?,44?,45?,46+,47+,48+,49+,50+,55+/m1/s1. The first-order valence-corrected chi connectivity index (χ1v) is 32.8. The molecule has 1 saturated heterocycles. The highest BCUT2D eigenvalue weighted by Gasteiger charge is 2.48. The maximum atomic E-state index is 15.2. The van der Waals surface area contributed by atoms with Crippen LogP contribution >= 0.6 is 11.6 Å². The molecule has 0 aromatic heterocycles. The molecule has 91 heavy (non-hydrogen) atoms. The van der Waals surface area contributed by atoms with Crippen molar-refractivity contribution < 1.29 is 70.3 Å². The molecule has 3 rings (SSSR count). The number of amides is 11. The molecule has 0 aromatic rings. The smallest absolute Gasteiger partial charge is 0.343 e. The van der Waals surface area contributed by atoms with Crippen LogP contribution < -0.4 is 21.3 Å². The second kappa shape index (κ2) is 34.9. The fraction of sp³-hybridized carbons (Fsp3) is 0.828. The molecular weight excluding hydrogens is 1210 g/mol. The first kappa shape index (κ1) is 79.4. The highest BCUT2D eigenvalue weighted by molar-refractivity contribution is 6.20. The van der Waals surface area contributed by atoms with Crippen LogP contribution in [0.25, 0.3) is 0 Å². The number of carbonyl (C=O) groups is 11. The first-order chi connectivity index (χ1) is 42.0. The summed E-state index contributed by atoms with van der Waals surface area (Å²) >= 11 is 6.46. The van der Waals surface area contributed by atoms with E-state index in [9.17, 15) is 65.9 Å². The van der Waals surface area contributed by atoms with E-state index in [1.54, 1.807) is 34.6 Å². The monoisotopic (exact) mass is 1320 g/mol. The van der Waals surface area contributed by atoms with Gasteiger partial charge in [-0.15, -0.1) is 11.6 Å². The van der Waals surface area contributed by atoms with Gasteiger partial charge in [0.05, 0.1) is 25.6 Å². The van der Waals surface area contributed by atoms with Crippen LogP contribution in [0.1, 0.15) is 166 Å². The Morgan fingerprint density at radius 1 is 0.538 bits per heavy atom. The second-order valence-corrected chi connectivity index (χ2v) is 28.9. The highest BCUT2D eigenvalue weighted by atomic mass is 35.5. The first-order valence-electron chi connectivity index (χ1n) is 32.4. The molecule has 27 heteroatoms. The number of rotatable bonds is 12. The molecule has 2 saturated carbocycles. The zero-order valence-electron chi connectivity index (χ0n) is 57.3. The minimum atomic E-state index is -4.75. The van der Waals surface area contributed by atoms with Gasteiger partial charge in [-0.25, -0.2) is 4.39 Å². The van der Waals surface area contributed by atoms with Gasteiger partial charge in [0.25, 0.3) is 0 Å². The van der Waals surface area contributed by atoms with Gasteiger partial charge < -0.3 is 55.6 Å². The topological polar surface area (TPSA) is 259 Å². The van der Waals surface area contributed by atoms with E-state index in [2.05, 4.69) is 21.3 Å². The lowest BCUT2D eigenvalue weighted by Crippen LogP contribution is -2.63. The molecule has 3 fully saturated rings. The molecule has 2 aliphatic carbocycles. The van der Waals surface area contributed by atoms with Crippen molar-refractivity contribution in [1.82, 2.24) is 55.6 Å².